The number of hydrogen-bond donors (Lipinski definition) is 2. The van der Waals surface area contributed by atoms with E-state index in [0.29, 0.717) is 24.4 Å². The van der Waals surface area contributed by atoms with Crippen LogP contribution in [0.25, 0.3) is 0 Å². The molecule has 0 aromatic heterocycles. The van der Waals surface area contributed by atoms with Gasteiger partial charge in [-0.05, 0) is 30.4 Å². The third kappa shape index (κ3) is 6.10. The fourth-order valence-electron chi connectivity index (χ4n) is 2.67. The highest BCUT2D eigenvalue weighted by molar-refractivity contribution is 6.31. The molecule has 0 fully saturated rings. The molecule has 3 N–H and O–H groups in total. The van der Waals surface area contributed by atoms with Crippen LogP contribution in [0.15, 0.2) is 24.3 Å². The van der Waals surface area contributed by atoms with Crippen LogP contribution in [0, 0.1) is 5.92 Å². The highest BCUT2D eigenvalue weighted by Crippen LogP contribution is 2.32. The molecule has 3 amide bonds. The van der Waals surface area contributed by atoms with E-state index in [1.165, 1.54) is 0 Å². The van der Waals surface area contributed by atoms with Crippen molar-refractivity contribution in [3.05, 3.63) is 34.9 Å². The number of nitrogens with two attached hydrogens (primary N) is 1. The van der Waals surface area contributed by atoms with Crippen molar-refractivity contribution in [1.29, 1.82) is 0 Å². The third-order valence-corrected chi connectivity index (χ3v) is 4.13. The van der Waals surface area contributed by atoms with Crippen LogP contribution < -0.4 is 11.1 Å². The first-order valence-corrected chi connectivity index (χ1v) is 8.25. The number of carbonyl (C=O) groups is 2. The number of hydrogen-bond acceptors (Lipinski definition) is 2. The average Bonchev–Trinajstić information content (AvgIpc) is 2.48. The molecule has 0 aliphatic carbocycles. The Balaban J connectivity index is 2.64. The number of nitrogens with zero attached hydrogens (tertiary/aromatic N) is 1. The predicted molar refractivity (Wildman–Crippen MR) is 93.2 cm³/mol. The van der Waals surface area contributed by atoms with Gasteiger partial charge in [-0.2, -0.15) is 0 Å². The fourth-order valence-corrected chi connectivity index (χ4v) is 2.92. The van der Waals surface area contributed by atoms with Gasteiger partial charge < -0.3 is 16.0 Å². The van der Waals surface area contributed by atoms with Gasteiger partial charge >= 0.3 is 6.03 Å². The minimum absolute atomic E-state index is 0.0556. The lowest BCUT2D eigenvalue weighted by atomic mass is 9.94. The Morgan fingerprint density at radius 1 is 1.26 bits per heavy atom. The van der Waals surface area contributed by atoms with Crippen molar-refractivity contribution in [1.82, 2.24) is 10.2 Å². The lowest BCUT2D eigenvalue weighted by molar-refractivity contribution is -0.133. The van der Waals surface area contributed by atoms with Crippen LogP contribution in [0.5, 0.6) is 0 Å². The summed E-state index contributed by atoms with van der Waals surface area (Å²) in [7, 11) is 1.82. The summed E-state index contributed by atoms with van der Waals surface area (Å²) < 4.78 is 0. The molecule has 5 nitrogen and oxygen atoms in total. The Bertz CT molecular complexity index is 534. The molecule has 128 valence electrons. The Hall–Kier alpha value is -1.75. The highest BCUT2D eigenvalue weighted by Gasteiger charge is 2.25. The molecular formula is C17H26ClN3O2. The highest BCUT2D eigenvalue weighted by atomic mass is 35.5. The lowest BCUT2D eigenvalue weighted by Crippen LogP contribution is -2.34. The number of nitrogens with one attached hydrogen (secondary N) is 1. The minimum atomic E-state index is -0.535. The first-order valence-electron chi connectivity index (χ1n) is 7.88. The summed E-state index contributed by atoms with van der Waals surface area (Å²) in [5.74, 6) is 0.322. The minimum Gasteiger partial charge on any atom is -0.352 e. The van der Waals surface area contributed by atoms with E-state index in [-0.39, 0.29) is 17.9 Å². The number of halogens is 1. The van der Waals surface area contributed by atoms with Crippen molar-refractivity contribution < 1.29 is 9.59 Å². The second-order valence-electron chi connectivity index (χ2n) is 5.96. The Labute approximate surface area is 143 Å². The number of amides is 3. The van der Waals surface area contributed by atoms with E-state index < -0.39 is 6.03 Å². The normalized spacial score (nSPS) is 12.0. The first kappa shape index (κ1) is 19.3. The summed E-state index contributed by atoms with van der Waals surface area (Å²) in [4.78, 5) is 24.8. The van der Waals surface area contributed by atoms with Gasteiger partial charge in [0.1, 0.15) is 0 Å². The van der Waals surface area contributed by atoms with Gasteiger partial charge in [-0.3, -0.25) is 4.79 Å². The number of carbonyl (C=O) groups excluding carboxylic acids is 2. The maximum Gasteiger partial charge on any atom is 0.312 e. The molecule has 0 radical (unpaired) electrons. The molecule has 0 spiro atoms. The van der Waals surface area contributed by atoms with Crippen molar-refractivity contribution in [2.24, 2.45) is 11.7 Å². The van der Waals surface area contributed by atoms with E-state index in [1.807, 2.05) is 31.3 Å². The second kappa shape index (κ2) is 9.40. The van der Waals surface area contributed by atoms with Crippen LogP contribution in [0.4, 0.5) is 4.79 Å². The van der Waals surface area contributed by atoms with Crippen molar-refractivity contribution in [3.8, 4) is 0 Å². The first-order chi connectivity index (χ1) is 10.8. The summed E-state index contributed by atoms with van der Waals surface area (Å²) >= 11 is 6.30. The number of unbranched alkanes of at least 4 members (excludes halogenated alkanes) is 1. The van der Waals surface area contributed by atoms with Gasteiger partial charge in [0.25, 0.3) is 0 Å². The van der Waals surface area contributed by atoms with Crippen molar-refractivity contribution in [2.75, 3.05) is 13.6 Å². The Kier molecular flexibility index (Phi) is 7.89. The zero-order chi connectivity index (χ0) is 17.4. The average molecular weight is 340 g/mol. The molecule has 0 unspecified atom stereocenters. The Morgan fingerprint density at radius 3 is 2.48 bits per heavy atom. The molecule has 6 heteroatoms. The van der Waals surface area contributed by atoms with E-state index in [9.17, 15) is 9.59 Å². The third-order valence-electron chi connectivity index (χ3n) is 3.78. The van der Waals surface area contributed by atoms with Crippen LogP contribution in [0.3, 0.4) is 0 Å². The predicted octanol–water partition coefficient (Wildman–Crippen LogP) is 3.33. The van der Waals surface area contributed by atoms with Gasteiger partial charge in [0.05, 0.1) is 6.04 Å². The van der Waals surface area contributed by atoms with Crippen molar-refractivity contribution in [2.45, 2.75) is 39.2 Å². The zero-order valence-corrected chi connectivity index (χ0v) is 14.8. The molecule has 23 heavy (non-hydrogen) atoms. The van der Waals surface area contributed by atoms with Gasteiger partial charge in [-0.15, -0.1) is 0 Å². The zero-order valence-electron chi connectivity index (χ0n) is 14.0. The van der Waals surface area contributed by atoms with E-state index in [2.05, 4.69) is 19.2 Å². The summed E-state index contributed by atoms with van der Waals surface area (Å²) in [5.41, 5.74) is 5.96. The van der Waals surface area contributed by atoms with E-state index in [0.717, 1.165) is 12.0 Å². The quantitative estimate of drug-likeness (QED) is 0.713. The second-order valence-corrected chi connectivity index (χ2v) is 6.37. The molecular weight excluding hydrogens is 314 g/mol. The maximum atomic E-state index is 12.4. The molecule has 0 heterocycles. The molecule has 0 saturated carbocycles. The molecule has 0 aliphatic rings. The van der Waals surface area contributed by atoms with Gasteiger partial charge in [-0.1, -0.05) is 43.6 Å². The van der Waals surface area contributed by atoms with Crippen molar-refractivity contribution in [3.63, 3.8) is 0 Å². The number of primary amides is 1. The summed E-state index contributed by atoms with van der Waals surface area (Å²) in [6.45, 7) is 4.65. The monoisotopic (exact) mass is 339 g/mol. The maximum absolute atomic E-state index is 12.4. The van der Waals surface area contributed by atoms with Gasteiger partial charge in [0.2, 0.25) is 5.91 Å². The smallest absolute Gasteiger partial charge is 0.312 e. The van der Waals surface area contributed by atoms with E-state index in [4.69, 9.17) is 17.3 Å². The lowest BCUT2D eigenvalue weighted by Gasteiger charge is -2.32. The largest absolute Gasteiger partial charge is 0.352 e. The number of rotatable bonds is 8. The standard InChI is InChI=1S/C17H26ClN3O2/c1-12(2)16(13-8-4-5-9-14(13)18)21(3)15(22)10-6-7-11-20-17(19)23/h4-5,8-9,12,16H,6-7,10-11H2,1-3H3,(H3,19,20,23)/t16-/m1/s1. The Morgan fingerprint density at radius 2 is 1.91 bits per heavy atom. The molecule has 0 saturated heterocycles. The van der Waals surface area contributed by atoms with E-state index in [1.54, 1.807) is 4.90 Å². The summed E-state index contributed by atoms with van der Waals surface area (Å²) in [5, 5.41) is 3.20. The summed E-state index contributed by atoms with van der Waals surface area (Å²) in [6.07, 6.45) is 1.86. The number of urea groups is 1. The molecule has 1 rings (SSSR count). The molecule has 1 atom stereocenters. The molecule has 1 aromatic rings. The van der Waals surface area contributed by atoms with Gasteiger partial charge in [-0.25, -0.2) is 4.79 Å². The topological polar surface area (TPSA) is 75.4 Å². The van der Waals surface area contributed by atoms with E-state index >= 15 is 0 Å². The molecule has 1 aromatic carbocycles. The van der Waals surface area contributed by atoms with Crippen molar-refractivity contribution >= 4 is 23.5 Å². The molecule has 0 bridgehead atoms. The van der Waals surface area contributed by atoms with Crippen LogP contribution in [0.1, 0.15) is 44.7 Å². The van der Waals surface area contributed by atoms with Crippen LogP contribution >= 0.6 is 11.6 Å². The van der Waals surface area contributed by atoms with Gasteiger partial charge in [0, 0.05) is 25.0 Å². The van der Waals surface area contributed by atoms with Crippen LogP contribution in [-0.2, 0) is 4.79 Å². The fraction of sp³-hybridized carbons (Fsp3) is 0.529. The SMILES string of the molecule is CC(C)[C@H](c1ccccc1Cl)N(C)C(=O)CCCCNC(N)=O. The van der Waals surface area contributed by atoms with Gasteiger partial charge in [0.15, 0.2) is 0 Å². The van der Waals surface area contributed by atoms with Crippen LogP contribution in [0.2, 0.25) is 5.02 Å². The summed E-state index contributed by atoms with van der Waals surface area (Å²) in [6, 6.07) is 7.04. The number of benzene rings is 1. The van der Waals surface area contributed by atoms with Crippen LogP contribution in [-0.4, -0.2) is 30.4 Å². The molecule has 0 aliphatic heterocycles.